The number of thiophene rings is 3. The van der Waals surface area contributed by atoms with Gasteiger partial charge in [-0.2, -0.15) is 0 Å². The van der Waals surface area contributed by atoms with E-state index >= 15 is 0 Å². The number of benzene rings is 7. The van der Waals surface area contributed by atoms with Crippen LogP contribution in [0.5, 0.6) is 23.0 Å². The van der Waals surface area contributed by atoms with E-state index in [1.54, 1.807) is 193 Å². The lowest BCUT2D eigenvalue weighted by Crippen LogP contribution is -2.41. The van der Waals surface area contributed by atoms with Gasteiger partial charge in [0.1, 0.15) is 28.6 Å². The van der Waals surface area contributed by atoms with Gasteiger partial charge in [0.05, 0.1) is 65.5 Å². The van der Waals surface area contributed by atoms with Crippen LogP contribution in [0.3, 0.4) is 0 Å². The van der Waals surface area contributed by atoms with Gasteiger partial charge in [-0.1, -0.05) is 132 Å². The number of aromatic hydroxyl groups is 4. The zero-order valence-electron chi connectivity index (χ0n) is 80.0. The third kappa shape index (κ3) is 24.3. The Labute approximate surface area is 884 Å². The highest BCUT2D eigenvalue weighted by Crippen LogP contribution is 2.44. The van der Waals surface area contributed by atoms with E-state index in [0.29, 0.717) is 50.0 Å². The number of phenolic OH excluding ortho intramolecular Hbond substituents is 4. The first-order chi connectivity index (χ1) is 69.5. The smallest absolute Gasteiger partial charge is 0.505 e. The van der Waals surface area contributed by atoms with Crippen LogP contribution in [0.4, 0.5) is 0 Å². The van der Waals surface area contributed by atoms with E-state index < -0.39 is 37.2 Å². The molecule has 7 aromatic carbocycles. The van der Waals surface area contributed by atoms with Crippen LogP contribution in [0.1, 0.15) is 59.0 Å². The second-order valence-electron chi connectivity index (χ2n) is 35.9. The molecule has 11 aromatic heterocycles. The predicted molar refractivity (Wildman–Crippen MR) is 589 cm³/mol. The fraction of sp³-hybridized carbons (Fsp3) is 0.226. The maximum atomic E-state index is 13.7. The number of morpholine rings is 3. The summed E-state index contributed by atoms with van der Waals surface area (Å²) in [5.74, 6) is 0.327. The zero-order valence-corrected chi connectivity index (χ0v) is 90.3. The number of aryl methyl sites for hydroxylation is 3. The third-order valence-corrected chi connectivity index (χ3v) is 35.3. The number of fused-ring (bicyclic) bond motifs is 4. The van der Waals surface area contributed by atoms with E-state index in [-0.39, 0.29) is 61.5 Å². The van der Waals surface area contributed by atoms with Gasteiger partial charge in [-0.05, 0) is 218 Å². The van der Waals surface area contributed by atoms with Gasteiger partial charge >= 0.3 is 14.2 Å². The first-order valence-electron chi connectivity index (χ1n) is 46.5. The summed E-state index contributed by atoms with van der Waals surface area (Å²) in [7, 11) is -13.2. The average Bonchev–Trinajstić information content (AvgIpc) is 1.63. The van der Waals surface area contributed by atoms with Crippen LogP contribution in [0, 0.1) is 24.3 Å². The minimum Gasteiger partial charge on any atom is -0.508 e. The lowest BCUT2D eigenvalue weighted by Gasteiger charge is -2.32. The molecular weight excluding hydrogens is 2200 g/mol. The molecule has 145 heavy (non-hydrogen) atoms. The number of hydrogen-bond donors (Lipinski definition) is 7. The van der Waals surface area contributed by atoms with Crippen LogP contribution in [0.15, 0.2) is 304 Å². The molecule has 7 N–H and O–H groups in total. The number of phenols is 4. The van der Waals surface area contributed by atoms with Crippen LogP contribution in [-0.2, 0) is 73.2 Å². The van der Waals surface area contributed by atoms with Crippen LogP contribution >= 0.6 is 88.5 Å². The van der Waals surface area contributed by atoms with E-state index in [4.69, 9.17) is 38.7 Å². The Hall–Kier alpha value is -11.1. The standard InChI is InChI=1S/C29H27N3O4S2.C22H21N3O2S.C20H15BrN2O3S.C15H24BNO3S.C14H10BrIN2O2S.C6H7BO3/c1-20-6-9-23(10-7-20)38(34,35)32-19-26(24-4-2-3-5-27(24)33)25-16-21(17-30-29(25)32)28-11-8-22(37-28)18-31-12-14-36-15-13-31;26-20-4-2-1-3-17(20)19-13-24-22-18(19)11-15(12-23-22)21-6-5-16(28-21)14-25-7-9-27-10-8-25;1-13-6-8-15(9-7-13)27(25,26)23-12-18(16-4-2-3-5-19(16)24)17-10-14(21)11-22-20(17)23;1-14(2)15(3,4)20-16(19-14)13-6-5-12(21-13)11-17-7-9-18-10-8-17;1-9-2-4-11(5-3-9)21(19,20)18-8-13(16)12-6-10(15)7-17-14(12)18;8-6-4-2-1-3-5(6)7(9)10/h2-11,16-17,19,33H,12-15,18H2,1H3;1-6,11-13,26H,7-10,14H2,(H,23,24);2-12,24H,1H3;5-6H,7-11H2,1-4H3;2-8H,1H3;1-4,8-10H. The number of hydrogen-bond acceptors (Lipinski definition) is 27. The molecule has 0 aliphatic carbocycles. The first kappa shape index (κ1) is 105. The molecule has 0 atom stereocenters. The van der Waals surface area contributed by atoms with Crippen molar-refractivity contribution >= 4 is 187 Å². The highest BCUT2D eigenvalue weighted by molar-refractivity contribution is 14.1. The fourth-order valence-electron chi connectivity index (χ4n) is 16.6. The number of H-pyrrole nitrogens is 1. The summed E-state index contributed by atoms with van der Waals surface area (Å²) in [5, 5.41) is 60.4. The molecule has 22 rings (SSSR count). The molecule has 748 valence electrons. The van der Waals surface area contributed by atoms with Gasteiger partial charge in [0.15, 0.2) is 16.9 Å². The second-order valence-corrected chi connectivity index (χ2v) is 47.9. The Balaban J connectivity index is 0.000000123. The number of para-hydroxylation sites is 4. The molecule has 39 heteroatoms. The number of nitrogens with zero attached hydrogens (tertiary/aromatic N) is 10. The Morgan fingerprint density at radius 1 is 0.407 bits per heavy atom. The van der Waals surface area contributed by atoms with Crippen molar-refractivity contribution in [3.8, 4) is 77.3 Å². The maximum Gasteiger partial charge on any atom is 0.505 e. The van der Waals surface area contributed by atoms with Crippen molar-refractivity contribution in [3.05, 3.63) is 324 Å². The number of ether oxygens (including phenoxy) is 3. The highest BCUT2D eigenvalue weighted by atomic mass is 127. The number of aromatic nitrogens is 8. The largest absolute Gasteiger partial charge is 0.508 e. The van der Waals surface area contributed by atoms with Crippen molar-refractivity contribution in [2.75, 3.05) is 78.9 Å². The average molecular weight is 2300 g/mol. The van der Waals surface area contributed by atoms with E-state index in [1.165, 1.54) is 49.8 Å². The van der Waals surface area contributed by atoms with Gasteiger partial charge in [-0.3, -0.25) is 14.7 Å². The molecule has 18 aromatic rings. The van der Waals surface area contributed by atoms with Gasteiger partial charge < -0.3 is 59.0 Å². The summed E-state index contributed by atoms with van der Waals surface area (Å²) < 4.78 is 115. The van der Waals surface area contributed by atoms with Crippen molar-refractivity contribution in [2.24, 2.45) is 0 Å². The van der Waals surface area contributed by atoms with Gasteiger partial charge in [0, 0.05) is 222 Å². The van der Waals surface area contributed by atoms with Crippen LogP contribution in [0.2, 0.25) is 0 Å². The molecule has 0 unspecified atom stereocenters. The summed E-state index contributed by atoms with van der Waals surface area (Å²) in [6, 6.07) is 68.2. The minimum atomic E-state index is -3.91. The fourth-order valence-corrected chi connectivity index (χ4v) is 25.2. The van der Waals surface area contributed by atoms with Gasteiger partial charge in [-0.15, -0.1) is 34.0 Å². The van der Waals surface area contributed by atoms with Crippen molar-refractivity contribution in [3.63, 3.8) is 0 Å². The number of rotatable bonds is 19. The molecule has 15 heterocycles. The second kappa shape index (κ2) is 45.7. The number of pyridine rings is 4. The first-order valence-corrected chi connectivity index (χ1v) is 55.9. The van der Waals surface area contributed by atoms with Crippen molar-refractivity contribution in [1.82, 2.24) is 51.5 Å². The van der Waals surface area contributed by atoms with Crippen LogP contribution in [0.25, 0.3) is 98.4 Å². The monoisotopic (exact) mass is 2300 g/mol. The van der Waals surface area contributed by atoms with E-state index in [0.717, 1.165) is 176 Å². The topological polar surface area (TPSA) is 362 Å². The summed E-state index contributed by atoms with van der Waals surface area (Å²) in [5.41, 5.74) is 10.5. The molecule has 4 saturated heterocycles. The van der Waals surface area contributed by atoms with E-state index in [9.17, 15) is 40.6 Å². The summed E-state index contributed by atoms with van der Waals surface area (Å²) >= 11 is 14.2. The third-order valence-electron chi connectivity index (χ3n) is 25.3. The van der Waals surface area contributed by atoms with Crippen LogP contribution < -0.4 is 10.2 Å². The summed E-state index contributed by atoms with van der Waals surface area (Å²) in [6.07, 6.45) is 13.4. The van der Waals surface area contributed by atoms with E-state index in [1.807, 2.05) is 80.9 Å². The molecule has 0 radical (unpaired) electrons. The van der Waals surface area contributed by atoms with Gasteiger partial charge in [-0.25, -0.2) is 57.1 Å². The molecule has 0 saturated carbocycles. The molecule has 0 amide bonds. The normalized spacial score (nSPS) is 15.1. The molecular formula is C106H104B2Br2IN11O17S6. The molecule has 0 bridgehead atoms. The maximum absolute atomic E-state index is 13.7. The molecule has 4 aliphatic heterocycles. The number of halogens is 3. The van der Waals surface area contributed by atoms with Crippen molar-refractivity contribution in [1.29, 1.82) is 0 Å². The lowest BCUT2D eigenvalue weighted by atomic mass is 9.80. The summed E-state index contributed by atoms with van der Waals surface area (Å²) in [4.78, 5) is 35.1. The van der Waals surface area contributed by atoms with Gasteiger partial charge in [0.2, 0.25) is 0 Å². The molecule has 4 fully saturated rings. The molecule has 0 spiro atoms. The summed E-state index contributed by atoms with van der Waals surface area (Å²) in [6.45, 7) is 27.7. The van der Waals surface area contributed by atoms with Gasteiger partial charge in [0.25, 0.3) is 30.1 Å². The minimum absolute atomic E-state index is 0.0734. The SMILES string of the molecule is CC1(C)OB(c2ccc(CN3CCOCC3)s2)OC1(C)C.Cc1ccc(S(=O)(=O)n2cc(-c3ccccc3O)c3cc(-c4ccc(CN5CCOCC5)s4)cnc32)cc1.Cc1ccc(S(=O)(=O)n2cc(-c3ccccc3O)c3cc(Br)cnc32)cc1.Cc1ccc(S(=O)(=O)n2cc(I)c3cc(Br)cnc32)cc1.OB(O)c1ccccc1O.Oc1ccccc1-c1c[nH]c2ncc(-c3ccc(CN4CCOCC4)s3)cc12. The van der Waals surface area contributed by atoms with Crippen molar-refractivity contribution in [2.45, 2.75) is 94.0 Å². The quantitative estimate of drug-likeness (QED) is 0.0292. The van der Waals surface area contributed by atoms with Crippen LogP contribution in [-0.4, -0.2) is 212 Å². The lowest BCUT2D eigenvalue weighted by molar-refractivity contribution is 0.00578. The molecule has 4 aliphatic rings. The Kier molecular flexibility index (Phi) is 33.2. The number of nitrogens with one attached hydrogen (secondary N) is 1. The predicted octanol–water partition coefficient (Wildman–Crippen LogP) is 19.6. The Morgan fingerprint density at radius 3 is 1.17 bits per heavy atom. The van der Waals surface area contributed by atoms with E-state index in [2.05, 4.69) is 164 Å². The highest BCUT2D eigenvalue weighted by Gasteiger charge is 2.52. The Bertz CT molecular complexity index is 8010. The Morgan fingerprint density at radius 2 is 0.759 bits per heavy atom. The number of aromatic amines is 1. The zero-order chi connectivity index (χ0) is 102. The van der Waals surface area contributed by atoms with Crippen molar-refractivity contribution < 1.29 is 79.2 Å². The molecule has 28 nitrogen and oxygen atoms in total.